The average molecular weight is 268 g/mol. The van der Waals surface area contributed by atoms with Crippen molar-refractivity contribution >= 4 is 21.6 Å². The van der Waals surface area contributed by atoms with Crippen LogP contribution in [0.4, 0.5) is 5.69 Å². The van der Waals surface area contributed by atoms with Gasteiger partial charge in [-0.3, -0.25) is 4.98 Å². The van der Waals surface area contributed by atoms with Gasteiger partial charge in [0.1, 0.15) is 0 Å². The van der Waals surface area contributed by atoms with Crippen LogP contribution in [-0.2, 0) is 6.54 Å². The Hall–Kier alpha value is -1.36. The fourth-order valence-corrected chi connectivity index (χ4v) is 1.56. The summed E-state index contributed by atoms with van der Waals surface area (Å²) in [6, 6.07) is 3.86. The number of pyridine rings is 1. The van der Waals surface area contributed by atoms with E-state index >= 15 is 0 Å². The van der Waals surface area contributed by atoms with Crippen LogP contribution < -0.4 is 5.32 Å². The Balaban J connectivity index is 1.99. The van der Waals surface area contributed by atoms with Gasteiger partial charge in [-0.15, -0.1) is 0 Å². The molecular weight excluding hydrogens is 258 g/mol. The fraction of sp³-hybridized carbons (Fsp3) is 0.200. The molecule has 0 spiro atoms. The molecule has 0 fully saturated rings. The maximum Gasteiger partial charge on any atom is 0.156 e. The van der Waals surface area contributed by atoms with Crippen LogP contribution in [0.2, 0.25) is 0 Å². The van der Waals surface area contributed by atoms with E-state index in [4.69, 9.17) is 4.52 Å². The lowest BCUT2D eigenvalue weighted by Gasteiger charge is -2.02. The van der Waals surface area contributed by atoms with Crippen LogP contribution in [0.3, 0.4) is 0 Å². The van der Waals surface area contributed by atoms with E-state index in [-0.39, 0.29) is 0 Å². The Kier molecular flexibility index (Phi) is 3.01. The molecule has 0 aliphatic rings. The Morgan fingerprint density at radius 1 is 1.40 bits per heavy atom. The molecule has 0 saturated heterocycles. The summed E-state index contributed by atoms with van der Waals surface area (Å²) < 4.78 is 6.02. The van der Waals surface area contributed by atoms with E-state index < -0.39 is 0 Å². The summed E-state index contributed by atoms with van der Waals surface area (Å²) in [5.41, 5.74) is 1.83. The molecule has 1 N–H and O–H groups in total. The van der Waals surface area contributed by atoms with Gasteiger partial charge in [-0.25, -0.2) is 0 Å². The van der Waals surface area contributed by atoms with Crippen molar-refractivity contribution in [2.45, 2.75) is 13.5 Å². The number of hydrogen-bond donors (Lipinski definition) is 1. The summed E-state index contributed by atoms with van der Waals surface area (Å²) in [5, 5.41) is 7.00. The molecule has 2 rings (SSSR count). The van der Waals surface area contributed by atoms with Crippen molar-refractivity contribution in [3.8, 4) is 0 Å². The first kappa shape index (κ1) is 10.2. The van der Waals surface area contributed by atoms with Crippen molar-refractivity contribution in [1.82, 2.24) is 10.1 Å². The van der Waals surface area contributed by atoms with Gasteiger partial charge in [-0.1, -0.05) is 5.16 Å². The second kappa shape index (κ2) is 4.44. The molecule has 0 amide bonds. The van der Waals surface area contributed by atoms with Gasteiger partial charge in [0.2, 0.25) is 0 Å². The maximum absolute atomic E-state index is 5.07. The van der Waals surface area contributed by atoms with E-state index in [1.807, 2.05) is 19.1 Å². The normalized spacial score (nSPS) is 10.3. The largest absolute Gasteiger partial charge is 0.376 e. The third-order valence-corrected chi connectivity index (χ3v) is 2.28. The Bertz CT molecular complexity index is 455. The summed E-state index contributed by atoms with van der Waals surface area (Å²) in [4.78, 5) is 4.05. The first-order valence-corrected chi connectivity index (χ1v) is 5.30. The van der Waals surface area contributed by atoms with Crippen LogP contribution >= 0.6 is 15.9 Å². The summed E-state index contributed by atoms with van der Waals surface area (Å²) in [5.74, 6) is 0.812. The highest BCUT2D eigenvalue weighted by Crippen LogP contribution is 2.14. The number of nitrogens with zero attached hydrogens (tertiary/aromatic N) is 2. The van der Waals surface area contributed by atoms with E-state index in [1.165, 1.54) is 0 Å². The number of hydrogen-bond acceptors (Lipinski definition) is 4. The quantitative estimate of drug-likeness (QED) is 0.929. The van der Waals surface area contributed by atoms with E-state index in [1.54, 1.807) is 12.4 Å². The predicted molar refractivity (Wildman–Crippen MR) is 60.5 cm³/mol. The smallest absolute Gasteiger partial charge is 0.156 e. The van der Waals surface area contributed by atoms with Crippen molar-refractivity contribution in [2.24, 2.45) is 0 Å². The van der Waals surface area contributed by atoms with Crippen LogP contribution in [0.15, 0.2) is 33.5 Å². The van der Waals surface area contributed by atoms with Crippen LogP contribution in [-0.4, -0.2) is 10.1 Å². The Morgan fingerprint density at radius 3 is 2.93 bits per heavy atom. The first-order valence-electron chi connectivity index (χ1n) is 4.50. The Labute approximate surface area is 95.8 Å². The molecule has 0 aliphatic heterocycles. The number of anilines is 1. The highest BCUT2D eigenvalue weighted by molar-refractivity contribution is 9.10. The molecule has 2 aromatic rings. The van der Waals surface area contributed by atoms with E-state index in [9.17, 15) is 0 Å². The highest BCUT2D eigenvalue weighted by atomic mass is 79.9. The molecule has 0 aliphatic carbocycles. The minimum atomic E-state index is 0.610. The van der Waals surface area contributed by atoms with Crippen molar-refractivity contribution in [3.05, 3.63) is 40.5 Å². The van der Waals surface area contributed by atoms with Crippen molar-refractivity contribution in [1.29, 1.82) is 0 Å². The molecule has 0 saturated carbocycles. The van der Waals surface area contributed by atoms with Gasteiger partial charge in [0.25, 0.3) is 0 Å². The first-order chi connectivity index (χ1) is 7.24. The molecular formula is C10H10BrN3O. The van der Waals surface area contributed by atoms with Crippen LogP contribution in [0.5, 0.6) is 0 Å². The highest BCUT2D eigenvalue weighted by Gasteiger charge is 2.00. The van der Waals surface area contributed by atoms with Crippen molar-refractivity contribution in [2.75, 3.05) is 5.32 Å². The van der Waals surface area contributed by atoms with E-state index in [2.05, 4.69) is 31.4 Å². The zero-order chi connectivity index (χ0) is 10.7. The number of aryl methyl sites for hydroxylation is 1. The van der Waals surface area contributed by atoms with Crippen LogP contribution in [0.1, 0.15) is 11.5 Å². The predicted octanol–water partition coefficient (Wildman–Crippen LogP) is 2.75. The average Bonchev–Trinajstić information content (AvgIpc) is 2.62. The molecule has 2 aromatic heterocycles. The van der Waals surface area contributed by atoms with Gasteiger partial charge in [0.05, 0.1) is 24.1 Å². The summed E-state index contributed by atoms with van der Waals surface area (Å²) in [6.45, 7) is 2.51. The van der Waals surface area contributed by atoms with E-state index in [0.717, 1.165) is 21.6 Å². The topological polar surface area (TPSA) is 51.0 Å². The molecule has 4 nitrogen and oxygen atoms in total. The lowest BCUT2D eigenvalue weighted by Crippen LogP contribution is -1.98. The maximum atomic E-state index is 5.07. The van der Waals surface area contributed by atoms with Crippen LogP contribution in [0, 0.1) is 6.92 Å². The molecule has 0 radical (unpaired) electrons. The van der Waals surface area contributed by atoms with Gasteiger partial charge >= 0.3 is 0 Å². The second-order valence-electron chi connectivity index (χ2n) is 3.18. The van der Waals surface area contributed by atoms with Crippen LogP contribution in [0.25, 0.3) is 0 Å². The monoisotopic (exact) mass is 267 g/mol. The van der Waals surface area contributed by atoms with Gasteiger partial charge in [0, 0.05) is 16.7 Å². The lowest BCUT2D eigenvalue weighted by atomic mass is 10.3. The second-order valence-corrected chi connectivity index (χ2v) is 4.10. The zero-order valence-electron chi connectivity index (χ0n) is 8.20. The minimum Gasteiger partial charge on any atom is -0.376 e. The number of halogens is 1. The standard InChI is InChI=1S/C10H10BrN3O/c1-7-2-10(15-14-7)6-13-9-3-8(11)4-12-5-9/h2-5,13H,6H2,1H3. The van der Waals surface area contributed by atoms with Gasteiger partial charge in [-0.05, 0) is 28.9 Å². The molecule has 0 aromatic carbocycles. The molecule has 2 heterocycles. The van der Waals surface area contributed by atoms with Crippen molar-refractivity contribution in [3.63, 3.8) is 0 Å². The number of rotatable bonds is 3. The summed E-state index contributed by atoms with van der Waals surface area (Å²) in [7, 11) is 0. The van der Waals surface area contributed by atoms with Crippen molar-refractivity contribution < 1.29 is 4.52 Å². The zero-order valence-corrected chi connectivity index (χ0v) is 9.78. The molecule has 0 bridgehead atoms. The molecule has 0 atom stereocenters. The third kappa shape index (κ3) is 2.79. The van der Waals surface area contributed by atoms with Gasteiger partial charge in [-0.2, -0.15) is 0 Å². The Morgan fingerprint density at radius 2 is 2.27 bits per heavy atom. The summed E-state index contributed by atoms with van der Waals surface area (Å²) >= 11 is 3.35. The molecule has 78 valence electrons. The third-order valence-electron chi connectivity index (χ3n) is 1.85. The molecule has 0 unspecified atom stereocenters. The van der Waals surface area contributed by atoms with Gasteiger partial charge < -0.3 is 9.84 Å². The number of aromatic nitrogens is 2. The lowest BCUT2D eigenvalue weighted by molar-refractivity contribution is 0.384. The van der Waals surface area contributed by atoms with Gasteiger partial charge in [0.15, 0.2) is 5.76 Å². The minimum absolute atomic E-state index is 0.610. The van der Waals surface area contributed by atoms with E-state index in [0.29, 0.717) is 6.54 Å². The molecule has 15 heavy (non-hydrogen) atoms. The SMILES string of the molecule is Cc1cc(CNc2cncc(Br)c2)on1. The summed E-state index contributed by atoms with van der Waals surface area (Å²) in [6.07, 6.45) is 3.50. The fourth-order valence-electron chi connectivity index (χ4n) is 1.20. The molecule has 5 heteroatoms. The number of nitrogens with one attached hydrogen (secondary N) is 1.